The Kier molecular flexibility index (Phi) is 5.32. The molecule has 0 radical (unpaired) electrons. The first-order valence-electron chi connectivity index (χ1n) is 7.00. The lowest BCUT2D eigenvalue weighted by Gasteiger charge is -2.16. The van der Waals surface area contributed by atoms with Gasteiger partial charge in [-0.05, 0) is 45.7 Å². The Bertz CT molecular complexity index is 556. The van der Waals surface area contributed by atoms with E-state index in [1.807, 2.05) is 19.2 Å². The van der Waals surface area contributed by atoms with Crippen molar-refractivity contribution in [1.29, 1.82) is 0 Å². The summed E-state index contributed by atoms with van der Waals surface area (Å²) in [5, 5.41) is 4.28. The van der Waals surface area contributed by atoms with Gasteiger partial charge in [0, 0.05) is 11.9 Å². The van der Waals surface area contributed by atoms with Gasteiger partial charge >= 0.3 is 0 Å². The van der Waals surface area contributed by atoms with Gasteiger partial charge in [-0.25, -0.2) is 4.98 Å². The molecule has 1 heterocycles. The molecule has 1 aromatic carbocycles. The zero-order valence-corrected chi connectivity index (χ0v) is 12.5. The standard InChI is InChI=1S/C16H23N3O/c1-17-10-5-11-19(2)12-14-9-8-13-6-4-7-15(20-3)16(13)18-14/h4,6-9,17H,5,10-12H2,1-3H3. The van der Waals surface area contributed by atoms with Crippen molar-refractivity contribution < 1.29 is 4.74 Å². The highest BCUT2D eigenvalue weighted by atomic mass is 16.5. The molecule has 0 saturated heterocycles. The normalized spacial score (nSPS) is 11.2. The van der Waals surface area contributed by atoms with Crippen molar-refractivity contribution in [3.63, 3.8) is 0 Å². The van der Waals surface area contributed by atoms with E-state index >= 15 is 0 Å². The van der Waals surface area contributed by atoms with E-state index in [0.717, 1.165) is 48.4 Å². The molecular weight excluding hydrogens is 250 g/mol. The Morgan fingerprint density at radius 3 is 2.85 bits per heavy atom. The number of hydrogen-bond acceptors (Lipinski definition) is 4. The molecule has 1 aromatic heterocycles. The van der Waals surface area contributed by atoms with Crippen LogP contribution in [0.3, 0.4) is 0 Å². The molecule has 0 aliphatic rings. The number of fused-ring (bicyclic) bond motifs is 1. The zero-order valence-electron chi connectivity index (χ0n) is 12.5. The van der Waals surface area contributed by atoms with Crippen LogP contribution in [-0.4, -0.2) is 44.2 Å². The van der Waals surface area contributed by atoms with E-state index in [4.69, 9.17) is 9.72 Å². The second kappa shape index (κ2) is 7.22. The number of hydrogen-bond donors (Lipinski definition) is 1. The number of para-hydroxylation sites is 1. The van der Waals surface area contributed by atoms with Gasteiger partial charge in [-0.2, -0.15) is 0 Å². The second-order valence-corrected chi connectivity index (χ2v) is 5.03. The highest BCUT2D eigenvalue weighted by molar-refractivity contribution is 5.84. The van der Waals surface area contributed by atoms with E-state index in [9.17, 15) is 0 Å². The maximum Gasteiger partial charge on any atom is 0.145 e. The lowest BCUT2D eigenvalue weighted by molar-refractivity contribution is 0.317. The van der Waals surface area contributed by atoms with Crippen molar-refractivity contribution in [3.05, 3.63) is 36.0 Å². The van der Waals surface area contributed by atoms with Crippen molar-refractivity contribution in [3.8, 4) is 5.75 Å². The zero-order chi connectivity index (χ0) is 14.4. The molecule has 2 rings (SSSR count). The SMILES string of the molecule is CNCCCN(C)Cc1ccc2cccc(OC)c2n1. The molecule has 4 nitrogen and oxygen atoms in total. The number of methoxy groups -OCH3 is 1. The molecule has 0 bridgehead atoms. The number of nitrogens with zero attached hydrogens (tertiary/aromatic N) is 2. The minimum absolute atomic E-state index is 0.835. The van der Waals surface area contributed by atoms with E-state index in [0.29, 0.717) is 0 Å². The molecule has 1 N–H and O–H groups in total. The molecule has 0 aliphatic carbocycles. The first-order valence-corrected chi connectivity index (χ1v) is 7.00. The summed E-state index contributed by atoms with van der Waals surface area (Å²) in [6, 6.07) is 10.2. The fourth-order valence-corrected chi connectivity index (χ4v) is 2.29. The van der Waals surface area contributed by atoms with E-state index in [-0.39, 0.29) is 0 Å². The third-order valence-electron chi connectivity index (χ3n) is 3.36. The summed E-state index contributed by atoms with van der Waals surface area (Å²) in [4.78, 5) is 7.02. The summed E-state index contributed by atoms with van der Waals surface area (Å²) in [5.74, 6) is 0.835. The first-order chi connectivity index (χ1) is 9.74. The third-order valence-corrected chi connectivity index (χ3v) is 3.36. The maximum atomic E-state index is 5.38. The number of pyridine rings is 1. The number of ether oxygens (including phenoxy) is 1. The summed E-state index contributed by atoms with van der Waals surface area (Å²) in [7, 11) is 5.80. The Hall–Kier alpha value is -1.65. The maximum absolute atomic E-state index is 5.38. The third kappa shape index (κ3) is 3.68. The number of nitrogens with one attached hydrogen (secondary N) is 1. The molecule has 20 heavy (non-hydrogen) atoms. The van der Waals surface area contributed by atoms with Gasteiger partial charge in [-0.1, -0.05) is 18.2 Å². The lowest BCUT2D eigenvalue weighted by Crippen LogP contribution is -2.22. The van der Waals surface area contributed by atoms with Gasteiger partial charge in [0.25, 0.3) is 0 Å². The fraction of sp³-hybridized carbons (Fsp3) is 0.438. The topological polar surface area (TPSA) is 37.4 Å². The summed E-state index contributed by atoms with van der Waals surface area (Å²) in [6.07, 6.45) is 1.14. The van der Waals surface area contributed by atoms with E-state index in [2.05, 4.69) is 35.5 Å². The fourth-order valence-electron chi connectivity index (χ4n) is 2.29. The largest absolute Gasteiger partial charge is 0.494 e. The Labute approximate surface area is 120 Å². The number of rotatable bonds is 7. The highest BCUT2D eigenvalue weighted by Crippen LogP contribution is 2.23. The highest BCUT2D eigenvalue weighted by Gasteiger charge is 2.06. The molecule has 2 aromatic rings. The van der Waals surface area contributed by atoms with Gasteiger partial charge < -0.3 is 15.0 Å². The van der Waals surface area contributed by atoms with Crippen molar-refractivity contribution in [2.24, 2.45) is 0 Å². The summed E-state index contributed by atoms with van der Waals surface area (Å²) < 4.78 is 5.38. The van der Waals surface area contributed by atoms with Crippen LogP contribution in [0.25, 0.3) is 10.9 Å². The summed E-state index contributed by atoms with van der Waals surface area (Å²) >= 11 is 0. The predicted octanol–water partition coefficient (Wildman–Crippen LogP) is 2.28. The molecule has 0 fully saturated rings. The van der Waals surface area contributed by atoms with Gasteiger partial charge in [0.15, 0.2) is 0 Å². The van der Waals surface area contributed by atoms with Crippen LogP contribution in [-0.2, 0) is 6.54 Å². The van der Waals surface area contributed by atoms with Gasteiger partial charge in [-0.15, -0.1) is 0 Å². The molecule has 108 valence electrons. The van der Waals surface area contributed by atoms with E-state index < -0.39 is 0 Å². The van der Waals surface area contributed by atoms with Crippen LogP contribution in [0.1, 0.15) is 12.1 Å². The molecular formula is C16H23N3O. The molecule has 0 saturated carbocycles. The lowest BCUT2D eigenvalue weighted by atomic mass is 10.2. The van der Waals surface area contributed by atoms with Crippen LogP contribution in [0, 0.1) is 0 Å². The van der Waals surface area contributed by atoms with E-state index in [1.165, 1.54) is 0 Å². The molecule has 0 atom stereocenters. The van der Waals surface area contributed by atoms with Crippen LogP contribution in [0.5, 0.6) is 5.75 Å². The number of aromatic nitrogens is 1. The average molecular weight is 273 g/mol. The molecule has 0 spiro atoms. The van der Waals surface area contributed by atoms with Crippen LogP contribution >= 0.6 is 0 Å². The van der Waals surface area contributed by atoms with Gasteiger partial charge in [0.2, 0.25) is 0 Å². The van der Waals surface area contributed by atoms with Gasteiger partial charge in [0.1, 0.15) is 11.3 Å². The first kappa shape index (κ1) is 14.8. The Morgan fingerprint density at radius 1 is 1.25 bits per heavy atom. The second-order valence-electron chi connectivity index (χ2n) is 5.03. The monoisotopic (exact) mass is 273 g/mol. The van der Waals surface area contributed by atoms with E-state index in [1.54, 1.807) is 7.11 Å². The van der Waals surface area contributed by atoms with Crippen molar-refractivity contribution in [2.75, 3.05) is 34.3 Å². The minimum atomic E-state index is 0.835. The summed E-state index contributed by atoms with van der Waals surface area (Å²) in [6.45, 7) is 2.97. The molecule has 0 aliphatic heterocycles. The predicted molar refractivity (Wildman–Crippen MR) is 83.2 cm³/mol. The molecule has 4 heteroatoms. The molecule has 0 unspecified atom stereocenters. The van der Waals surface area contributed by atoms with Crippen molar-refractivity contribution in [1.82, 2.24) is 15.2 Å². The van der Waals surface area contributed by atoms with Gasteiger partial charge in [-0.3, -0.25) is 0 Å². The van der Waals surface area contributed by atoms with Crippen LogP contribution in [0.15, 0.2) is 30.3 Å². The quantitative estimate of drug-likeness (QED) is 0.785. The van der Waals surface area contributed by atoms with Crippen LogP contribution in [0.2, 0.25) is 0 Å². The van der Waals surface area contributed by atoms with Crippen molar-refractivity contribution in [2.45, 2.75) is 13.0 Å². The molecule has 0 amide bonds. The van der Waals surface area contributed by atoms with Gasteiger partial charge in [0.05, 0.1) is 12.8 Å². The Morgan fingerprint density at radius 2 is 2.10 bits per heavy atom. The number of benzene rings is 1. The van der Waals surface area contributed by atoms with Crippen molar-refractivity contribution >= 4 is 10.9 Å². The van der Waals surface area contributed by atoms with Crippen LogP contribution < -0.4 is 10.1 Å². The minimum Gasteiger partial charge on any atom is -0.494 e. The smallest absolute Gasteiger partial charge is 0.145 e. The average Bonchev–Trinajstić information content (AvgIpc) is 2.47. The Balaban J connectivity index is 2.11. The van der Waals surface area contributed by atoms with Crippen LogP contribution in [0.4, 0.5) is 0 Å². The summed E-state index contributed by atoms with van der Waals surface area (Å²) in [5.41, 5.74) is 2.02.